The Hall–Kier alpha value is -2.84. The van der Waals surface area contributed by atoms with Crippen LogP contribution >= 0.6 is 0 Å². The molecule has 1 saturated carbocycles. The number of hydrogen-bond donors (Lipinski definition) is 4. The van der Waals surface area contributed by atoms with E-state index in [0.717, 1.165) is 25.7 Å². The highest BCUT2D eigenvalue weighted by Gasteiger charge is 2.27. The van der Waals surface area contributed by atoms with Crippen LogP contribution in [0.4, 0.5) is 0 Å². The Morgan fingerprint density at radius 1 is 1.11 bits per heavy atom. The standard InChI is InChI=1S/C18H25N3O6/c22-15(19-11-16(23)24)10-20-17(25)13(9-12-5-2-1-3-6-12)21-18(26)14-7-4-8-27-14/h4,7-8,12-13H,1-3,5-6,9-11H2,(H,19,22)(H,20,25)(H,21,26)(H,23,24). The lowest BCUT2D eigenvalue weighted by Gasteiger charge is -2.26. The van der Waals surface area contributed by atoms with Crippen LogP contribution < -0.4 is 16.0 Å². The topological polar surface area (TPSA) is 138 Å². The van der Waals surface area contributed by atoms with E-state index in [0.29, 0.717) is 12.3 Å². The first kappa shape index (κ1) is 20.5. The van der Waals surface area contributed by atoms with Crippen molar-refractivity contribution >= 4 is 23.7 Å². The summed E-state index contributed by atoms with van der Waals surface area (Å²) in [4.78, 5) is 46.8. The van der Waals surface area contributed by atoms with Gasteiger partial charge in [-0.1, -0.05) is 32.1 Å². The molecule has 3 amide bonds. The van der Waals surface area contributed by atoms with Crippen LogP contribution in [0.25, 0.3) is 0 Å². The van der Waals surface area contributed by atoms with Crippen molar-refractivity contribution < 1.29 is 28.7 Å². The molecule has 1 aromatic rings. The quantitative estimate of drug-likeness (QED) is 0.497. The minimum atomic E-state index is -1.17. The highest BCUT2D eigenvalue weighted by molar-refractivity contribution is 5.96. The molecule has 0 bridgehead atoms. The minimum Gasteiger partial charge on any atom is -0.480 e. The molecule has 27 heavy (non-hydrogen) atoms. The lowest BCUT2D eigenvalue weighted by atomic mass is 9.84. The lowest BCUT2D eigenvalue weighted by Crippen LogP contribution is -2.50. The number of carboxylic acids is 1. The lowest BCUT2D eigenvalue weighted by molar-refractivity contribution is -0.137. The van der Waals surface area contributed by atoms with Gasteiger partial charge in [-0.2, -0.15) is 0 Å². The molecule has 0 saturated heterocycles. The van der Waals surface area contributed by atoms with E-state index >= 15 is 0 Å². The van der Waals surface area contributed by atoms with Crippen LogP contribution in [0.2, 0.25) is 0 Å². The second-order valence-electron chi connectivity index (χ2n) is 6.63. The second-order valence-corrected chi connectivity index (χ2v) is 6.63. The van der Waals surface area contributed by atoms with Gasteiger partial charge >= 0.3 is 5.97 Å². The van der Waals surface area contributed by atoms with Gasteiger partial charge in [-0.25, -0.2) is 0 Å². The van der Waals surface area contributed by atoms with Crippen LogP contribution in [-0.4, -0.2) is 47.9 Å². The average Bonchev–Trinajstić information content (AvgIpc) is 3.19. The number of carbonyl (C=O) groups excluding carboxylic acids is 3. The van der Waals surface area contributed by atoms with E-state index in [-0.39, 0.29) is 12.3 Å². The van der Waals surface area contributed by atoms with Gasteiger partial charge in [0, 0.05) is 0 Å². The normalized spacial score (nSPS) is 15.6. The summed E-state index contributed by atoms with van der Waals surface area (Å²) in [5.74, 6) is -2.32. The van der Waals surface area contributed by atoms with Gasteiger partial charge in [0.05, 0.1) is 12.8 Å². The van der Waals surface area contributed by atoms with Crippen LogP contribution in [0.15, 0.2) is 22.8 Å². The Kier molecular flexibility index (Phi) is 7.84. The maximum absolute atomic E-state index is 12.5. The zero-order valence-corrected chi connectivity index (χ0v) is 15.0. The van der Waals surface area contributed by atoms with E-state index in [1.807, 2.05) is 0 Å². The summed E-state index contributed by atoms with van der Waals surface area (Å²) >= 11 is 0. The zero-order chi connectivity index (χ0) is 19.6. The molecule has 1 unspecified atom stereocenters. The van der Waals surface area contributed by atoms with Gasteiger partial charge in [-0.3, -0.25) is 19.2 Å². The molecule has 0 aliphatic heterocycles. The number of aliphatic carboxylic acids is 1. The first-order valence-corrected chi connectivity index (χ1v) is 9.06. The SMILES string of the molecule is O=C(O)CNC(=O)CNC(=O)C(CC1CCCCC1)NC(=O)c1ccco1. The molecule has 2 rings (SSSR count). The van der Waals surface area contributed by atoms with E-state index in [4.69, 9.17) is 9.52 Å². The third-order valence-electron chi connectivity index (χ3n) is 4.52. The van der Waals surface area contributed by atoms with Gasteiger partial charge in [0.25, 0.3) is 5.91 Å². The maximum atomic E-state index is 12.5. The Morgan fingerprint density at radius 2 is 1.85 bits per heavy atom. The first-order valence-electron chi connectivity index (χ1n) is 9.06. The van der Waals surface area contributed by atoms with E-state index in [1.165, 1.54) is 18.8 Å². The van der Waals surface area contributed by atoms with Crippen LogP contribution in [0.5, 0.6) is 0 Å². The number of carbonyl (C=O) groups is 4. The average molecular weight is 379 g/mol. The first-order chi connectivity index (χ1) is 13.0. The van der Waals surface area contributed by atoms with E-state index in [9.17, 15) is 19.2 Å². The van der Waals surface area contributed by atoms with Crippen molar-refractivity contribution in [2.45, 2.75) is 44.6 Å². The molecule has 0 aromatic carbocycles. The van der Waals surface area contributed by atoms with Crippen molar-refractivity contribution in [1.82, 2.24) is 16.0 Å². The highest BCUT2D eigenvalue weighted by atomic mass is 16.4. The molecular weight excluding hydrogens is 354 g/mol. The molecular formula is C18H25N3O6. The van der Waals surface area contributed by atoms with Crippen molar-refractivity contribution in [2.24, 2.45) is 5.92 Å². The molecule has 1 aliphatic rings. The Balaban J connectivity index is 1.92. The highest BCUT2D eigenvalue weighted by Crippen LogP contribution is 2.27. The zero-order valence-electron chi connectivity index (χ0n) is 15.0. The third kappa shape index (κ3) is 7.12. The molecule has 4 N–H and O–H groups in total. The van der Waals surface area contributed by atoms with Crippen LogP contribution in [-0.2, 0) is 14.4 Å². The second kappa shape index (κ2) is 10.3. The van der Waals surface area contributed by atoms with Gasteiger partial charge in [0.2, 0.25) is 11.8 Å². The van der Waals surface area contributed by atoms with E-state index in [2.05, 4.69) is 16.0 Å². The summed E-state index contributed by atoms with van der Waals surface area (Å²) in [6, 6.07) is 2.29. The molecule has 9 nitrogen and oxygen atoms in total. The predicted octanol–water partition coefficient (Wildman–Crippen LogP) is 0.665. The van der Waals surface area contributed by atoms with Crippen LogP contribution in [0.3, 0.4) is 0 Å². The van der Waals surface area contributed by atoms with Crippen molar-refractivity contribution in [3.05, 3.63) is 24.2 Å². The van der Waals surface area contributed by atoms with Gasteiger partial charge < -0.3 is 25.5 Å². The fourth-order valence-corrected chi connectivity index (χ4v) is 3.15. The van der Waals surface area contributed by atoms with Gasteiger partial charge in [-0.05, 0) is 24.5 Å². The minimum absolute atomic E-state index is 0.107. The van der Waals surface area contributed by atoms with Crippen molar-refractivity contribution in [3.8, 4) is 0 Å². The predicted molar refractivity (Wildman–Crippen MR) is 94.8 cm³/mol. The van der Waals surface area contributed by atoms with Crippen LogP contribution in [0.1, 0.15) is 49.1 Å². The summed E-state index contributed by atoms with van der Waals surface area (Å²) in [7, 11) is 0. The molecule has 9 heteroatoms. The molecule has 1 aliphatic carbocycles. The van der Waals surface area contributed by atoms with Crippen molar-refractivity contribution in [1.29, 1.82) is 0 Å². The number of furan rings is 1. The third-order valence-corrected chi connectivity index (χ3v) is 4.52. The molecule has 148 valence electrons. The summed E-state index contributed by atoms with van der Waals surface area (Å²) in [5.41, 5.74) is 0. The smallest absolute Gasteiger partial charge is 0.322 e. The molecule has 1 fully saturated rings. The Bertz CT molecular complexity index is 652. The number of rotatable bonds is 9. The molecule has 1 aromatic heterocycles. The molecule has 0 spiro atoms. The van der Waals surface area contributed by atoms with Gasteiger partial charge in [-0.15, -0.1) is 0 Å². The molecule has 0 radical (unpaired) electrons. The monoisotopic (exact) mass is 379 g/mol. The van der Waals surface area contributed by atoms with Gasteiger partial charge in [0.1, 0.15) is 12.6 Å². The fourth-order valence-electron chi connectivity index (χ4n) is 3.15. The maximum Gasteiger partial charge on any atom is 0.322 e. The van der Waals surface area contributed by atoms with Gasteiger partial charge in [0.15, 0.2) is 5.76 Å². The summed E-state index contributed by atoms with van der Waals surface area (Å²) in [6.45, 7) is -0.876. The largest absolute Gasteiger partial charge is 0.480 e. The fraction of sp³-hybridized carbons (Fsp3) is 0.556. The number of amides is 3. The number of nitrogens with one attached hydrogen (secondary N) is 3. The Labute approximate surface area is 156 Å². The van der Waals surface area contributed by atoms with E-state index < -0.39 is 36.3 Å². The van der Waals surface area contributed by atoms with E-state index in [1.54, 1.807) is 6.07 Å². The number of hydrogen-bond acceptors (Lipinski definition) is 5. The van der Waals surface area contributed by atoms with Crippen molar-refractivity contribution in [2.75, 3.05) is 13.1 Å². The summed E-state index contributed by atoms with van der Waals surface area (Å²) in [5, 5.41) is 15.8. The number of carboxylic acid groups (broad SMARTS) is 1. The summed E-state index contributed by atoms with van der Waals surface area (Å²) < 4.78 is 5.05. The Morgan fingerprint density at radius 3 is 2.48 bits per heavy atom. The molecule has 1 heterocycles. The van der Waals surface area contributed by atoms with Crippen molar-refractivity contribution in [3.63, 3.8) is 0 Å². The van der Waals surface area contributed by atoms with Crippen LogP contribution in [0, 0.1) is 5.92 Å². The summed E-state index contributed by atoms with van der Waals surface area (Å²) in [6.07, 6.45) is 7.23. The molecule has 1 atom stereocenters.